The predicted octanol–water partition coefficient (Wildman–Crippen LogP) is 5.80. The number of carbonyl (C=O) groups is 2. The molecular formula is C26H19ClF2N4O2S. The quantitative estimate of drug-likeness (QED) is 0.458. The van der Waals surface area contributed by atoms with Gasteiger partial charge in [-0.3, -0.25) is 9.59 Å². The van der Waals surface area contributed by atoms with Gasteiger partial charge in [-0.1, -0.05) is 59.8 Å². The second kappa shape index (κ2) is 10.2. The Bertz CT molecular complexity index is 1380. The number of nitrogens with zero attached hydrogens (tertiary/aromatic N) is 3. The highest BCUT2D eigenvalue weighted by atomic mass is 35.5. The maximum atomic E-state index is 13.6. The number of carbonyl (C=O) groups excluding carboxylic acids is 2. The summed E-state index contributed by atoms with van der Waals surface area (Å²) in [7, 11) is 0. The minimum atomic E-state index is -0.721. The van der Waals surface area contributed by atoms with Crippen LogP contribution in [0.15, 0.2) is 82.9 Å². The number of halogens is 3. The van der Waals surface area contributed by atoms with Crippen LogP contribution in [-0.2, 0) is 9.59 Å². The largest absolute Gasteiger partial charge is 0.325 e. The van der Waals surface area contributed by atoms with Gasteiger partial charge in [-0.2, -0.15) is 10.1 Å². The molecule has 2 aliphatic rings. The second-order valence-electron chi connectivity index (χ2n) is 8.24. The summed E-state index contributed by atoms with van der Waals surface area (Å²) in [6.45, 7) is 0. The molecule has 0 aromatic heterocycles. The Morgan fingerprint density at radius 3 is 2.39 bits per heavy atom. The summed E-state index contributed by atoms with van der Waals surface area (Å²) in [5.74, 6) is -1.52. The predicted molar refractivity (Wildman–Crippen MR) is 137 cm³/mol. The minimum absolute atomic E-state index is 0.0920. The first-order valence-corrected chi connectivity index (χ1v) is 12.3. The molecule has 3 aromatic rings. The van der Waals surface area contributed by atoms with Crippen LogP contribution in [0.1, 0.15) is 30.0 Å². The average Bonchev–Trinajstić information content (AvgIpc) is 3.45. The summed E-state index contributed by atoms with van der Waals surface area (Å²) in [6.07, 6.45) is 0.355. The van der Waals surface area contributed by atoms with Crippen LogP contribution in [0.3, 0.4) is 0 Å². The normalized spacial score (nSPS) is 19.3. The van der Waals surface area contributed by atoms with Gasteiger partial charge in [-0.25, -0.2) is 13.8 Å². The number of hydrazone groups is 1. The van der Waals surface area contributed by atoms with Crippen molar-refractivity contribution in [3.8, 4) is 0 Å². The first-order valence-electron chi connectivity index (χ1n) is 11.1. The summed E-state index contributed by atoms with van der Waals surface area (Å²) in [5, 5.41) is 9.06. The van der Waals surface area contributed by atoms with E-state index in [-0.39, 0.29) is 30.0 Å². The Labute approximate surface area is 215 Å². The molecule has 2 atom stereocenters. The van der Waals surface area contributed by atoms with Gasteiger partial charge in [-0.15, -0.1) is 0 Å². The van der Waals surface area contributed by atoms with Crippen LogP contribution in [0.25, 0.3) is 0 Å². The average molecular weight is 525 g/mol. The molecule has 2 heterocycles. The highest BCUT2D eigenvalue weighted by Crippen LogP contribution is 2.38. The molecule has 1 N–H and O–H groups in total. The summed E-state index contributed by atoms with van der Waals surface area (Å²) in [4.78, 5) is 29.5. The van der Waals surface area contributed by atoms with Gasteiger partial charge < -0.3 is 5.32 Å². The smallest absolute Gasteiger partial charge is 0.262 e. The summed E-state index contributed by atoms with van der Waals surface area (Å²) in [5.41, 5.74) is 2.66. The van der Waals surface area contributed by atoms with Crippen molar-refractivity contribution in [1.29, 1.82) is 0 Å². The third-order valence-corrected chi connectivity index (χ3v) is 7.26. The molecule has 0 fully saturated rings. The Hall–Kier alpha value is -3.56. The van der Waals surface area contributed by atoms with Crippen LogP contribution >= 0.6 is 23.4 Å². The van der Waals surface area contributed by atoms with Crippen molar-refractivity contribution in [3.63, 3.8) is 0 Å². The van der Waals surface area contributed by atoms with Crippen LogP contribution in [0.5, 0.6) is 0 Å². The number of thioether (sulfide) groups is 1. The van der Waals surface area contributed by atoms with Crippen molar-refractivity contribution in [3.05, 3.63) is 101 Å². The van der Waals surface area contributed by atoms with E-state index in [1.807, 2.05) is 0 Å². The van der Waals surface area contributed by atoms with Crippen LogP contribution < -0.4 is 5.32 Å². The molecule has 2 amide bonds. The number of hydrogen-bond donors (Lipinski definition) is 1. The van der Waals surface area contributed by atoms with E-state index in [1.54, 1.807) is 53.5 Å². The zero-order chi connectivity index (χ0) is 25.2. The molecule has 6 nitrogen and oxygen atoms in total. The molecule has 0 aliphatic carbocycles. The van der Waals surface area contributed by atoms with Crippen LogP contribution in [-0.4, -0.2) is 33.0 Å². The van der Waals surface area contributed by atoms with Gasteiger partial charge in [0, 0.05) is 12.8 Å². The van der Waals surface area contributed by atoms with E-state index in [0.29, 0.717) is 28.0 Å². The number of anilines is 1. The third-order valence-electron chi connectivity index (χ3n) is 5.79. The van der Waals surface area contributed by atoms with E-state index >= 15 is 0 Å². The van der Waals surface area contributed by atoms with Crippen molar-refractivity contribution in [2.45, 2.75) is 24.1 Å². The zero-order valence-electron chi connectivity index (χ0n) is 18.7. The fraction of sp³-hybridized carbons (Fsp3) is 0.154. The van der Waals surface area contributed by atoms with Crippen molar-refractivity contribution in [2.24, 2.45) is 10.1 Å². The van der Waals surface area contributed by atoms with E-state index in [9.17, 15) is 18.4 Å². The molecule has 0 saturated heterocycles. The van der Waals surface area contributed by atoms with E-state index in [0.717, 1.165) is 22.9 Å². The number of para-hydroxylation sites is 1. The lowest BCUT2D eigenvalue weighted by Crippen LogP contribution is -2.25. The minimum Gasteiger partial charge on any atom is -0.325 e. The van der Waals surface area contributed by atoms with Crippen LogP contribution in [0.4, 0.5) is 14.5 Å². The Balaban J connectivity index is 1.36. The third kappa shape index (κ3) is 5.17. The number of amidine groups is 1. The first-order chi connectivity index (χ1) is 17.4. The number of nitrogens with one attached hydrogen (secondary N) is 1. The monoisotopic (exact) mass is 524 g/mol. The maximum absolute atomic E-state index is 13.6. The molecule has 0 radical (unpaired) electrons. The lowest BCUT2D eigenvalue weighted by atomic mass is 9.98. The van der Waals surface area contributed by atoms with Crippen molar-refractivity contribution in [2.75, 3.05) is 5.32 Å². The molecule has 3 aromatic carbocycles. The highest BCUT2D eigenvalue weighted by Gasteiger charge is 2.39. The van der Waals surface area contributed by atoms with E-state index in [2.05, 4.69) is 15.4 Å². The molecule has 10 heteroatoms. The van der Waals surface area contributed by atoms with Crippen LogP contribution in [0.2, 0.25) is 5.02 Å². The number of benzene rings is 3. The van der Waals surface area contributed by atoms with E-state index < -0.39 is 11.2 Å². The van der Waals surface area contributed by atoms with E-state index in [4.69, 9.17) is 11.6 Å². The number of aliphatic imine (C=N–C) groups is 1. The molecule has 0 spiro atoms. The molecule has 0 unspecified atom stereocenters. The van der Waals surface area contributed by atoms with Gasteiger partial charge in [0.25, 0.3) is 5.91 Å². The molecule has 2 aliphatic heterocycles. The molecule has 5 rings (SSSR count). The van der Waals surface area contributed by atoms with Gasteiger partial charge >= 0.3 is 0 Å². The summed E-state index contributed by atoms with van der Waals surface area (Å²) < 4.78 is 27.0. The lowest BCUT2D eigenvalue weighted by molar-refractivity contribution is -0.121. The standard InChI is InChI=1S/C26H19ClF2N4O2S/c27-19-3-1-2-4-20(19)30-24(34)14-23-25(35)31-26(36-23)33-22(16-7-11-18(29)12-8-16)13-21(32-33)15-5-9-17(28)10-6-15/h1-12,22-23H,13-14H2,(H,30,34)/t22-,23-/m1/s1. The molecule has 0 saturated carbocycles. The maximum Gasteiger partial charge on any atom is 0.262 e. The zero-order valence-corrected chi connectivity index (χ0v) is 20.3. The fourth-order valence-electron chi connectivity index (χ4n) is 3.98. The van der Waals surface area contributed by atoms with Gasteiger partial charge in [0.05, 0.1) is 22.5 Å². The summed E-state index contributed by atoms with van der Waals surface area (Å²) >= 11 is 7.26. The topological polar surface area (TPSA) is 74.1 Å². The van der Waals surface area contributed by atoms with Gasteiger partial charge in [0.2, 0.25) is 5.91 Å². The first kappa shape index (κ1) is 24.1. The molecule has 0 bridgehead atoms. The van der Waals surface area contributed by atoms with Crippen molar-refractivity contribution < 1.29 is 18.4 Å². The highest BCUT2D eigenvalue weighted by molar-refractivity contribution is 8.15. The second-order valence-corrected chi connectivity index (χ2v) is 9.82. The Morgan fingerprint density at radius 1 is 1.03 bits per heavy atom. The SMILES string of the molecule is O=C(C[C@H]1SC(N2N=C(c3ccc(F)cc3)C[C@@H]2c2ccc(F)cc2)=NC1=O)Nc1ccccc1Cl. The van der Waals surface area contributed by atoms with Crippen molar-refractivity contribution in [1.82, 2.24) is 5.01 Å². The number of rotatable bonds is 5. The number of amides is 2. The fourth-order valence-corrected chi connectivity index (χ4v) is 5.23. The summed E-state index contributed by atoms with van der Waals surface area (Å²) in [6, 6.07) is 18.5. The van der Waals surface area contributed by atoms with Crippen molar-refractivity contribution >= 4 is 51.7 Å². The number of hydrogen-bond acceptors (Lipinski definition) is 5. The van der Waals surface area contributed by atoms with E-state index in [1.165, 1.54) is 24.3 Å². The van der Waals surface area contributed by atoms with Crippen LogP contribution in [0, 0.1) is 11.6 Å². The molecule has 36 heavy (non-hydrogen) atoms. The molecular weight excluding hydrogens is 506 g/mol. The van der Waals surface area contributed by atoms with Gasteiger partial charge in [0.15, 0.2) is 5.17 Å². The Morgan fingerprint density at radius 2 is 1.69 bits per heavy atom. The molecule has 182 valence electrons. The van der Waals surface area contributed by atoms with Gasteiger partial charge in [-0.05, 0) is 47.5 Å². The lowest BCUT2D eigenvalue weighted by Gasteiger charge is -2.23. The van der Waals surface area contributed by atoms with Gasteiger partial charge in [0.1, 0.15) is 16.9 Å². The Kier molecular flexibility index (Phi) is 6.84.